The highest BCUT2D eigenvalue weighted by Crippen LogP contribution is 2.32. The molecule has 2 aromatic carbocycles. The van der Waals surface area contributed by atoms with Gasteiger partial charge in [0.15, 0.2) is 0 Å². The molecule has 1 saturated heterocycles. The second kappa shape index (κ2) is 10.9. The van der Waals surface area contributed by atoms with E-state index >= 15 is 0 Å². The smallest absolute Gasteiger partial charge is 0.275 e. The van der Waals surface area contributed by atoms with E-state index in [9.17, 15) is 9.59 Å². The average molecular weight is 500 g/mol. The van der Waals surface area contributed by atoms with Crippen molar-refractivity contribution in [1.29, 1.82) is 0 Å². The number of nitrogens with zero attached hydrogens (tertiary/aromatic N) is 2. The van der Waals surface area contributed by atoms with Crippen molar-refractivity contribution in [2.75, 3.05) is 18.4 Å². The number of para-hydroxylation sites is 1. The van der Waals surface area contributed by atoms with Crippen LogP contribution >= 0.6 is 11.3 Å². The number of piperidine rings is 1. The summed E-state index contributed by atoms with van der Waals surface area (Å²) in [6.07, 6.45) is 4.44. The van der Waals surface area contributed by atoms with Crippen molar-refractivity contribution in [2.24, 2.45) is 0 Å². The summed E-state index contributed by atoms with van der Waals surface area (Å²) in [6, 6.07) is 19.8. The first-order valence-electron chi connectivity index (χ1n) is 12.3. The van der Waals surface area contributed by atoms with Gasteiger partial charge in [-0.15, -0.1) is 11.3 Å². The van der Waals surface area contributed by atoms with Gasteiger partial charge in [-0.25, -0.2) is 4.98 Å². The standard InChI is InChI=1S/C29H29N3O3S/c1-20-8-10-21(11-9-20)24-6-2-3-7-25(24)30-28(34)26-19-36-29(31-26)22-14-16-32(17-15-22)27(33)13-12-23-5-4-18-35-23/h2-11,18-19,22H,12-17H2,1H3,(H,30,34). The van der Waals surface area contributed by atoms with E-state index in [-0.39, 0.29) is 17.7 Å². The molecule has 0 saturated carbocycles. The van der Waals surface area contributed by atoms with E-state index in [1.54, 1.807) is 6.26 Å². The van der Waals surface area contributed by atoms with Gasteiger partial charge < -0.3 is 14.6 Å². The van der Waals surface area contributed by atoms with Crippen LogP contribution < -0.4 is 5.32 Å². The molecule has 0 spiro atoms. The van der Waals surface area contributed by atoms with Gasteiger partial charge in [-0.05, 0) is 43.5 Å². The molecule has 1 fully saturated rings. The van der Waals surface area contributed by atoms with Gasteiger partial charge in [-0.2, -0.15) is 0 Å². The molecule has 5 rings (SSSR count). The first-order chi connectivity index (χ1) is 17.6. The summed E-state index contributed by atoms with van der Waals surface area (Å²) in [7, 11) is 0. The number of likely N-dealkylation sites (tertiary alicyclic amines) is 1. The highest BCUT2D eigenvalue weighted by atomic mass is 32.1. The molecule has 0 radical (unpaired) electrons. The van der Waals surface area contributed by atoms with Crippen LogP contribution in [-0.4, -0.2) is 34.8 Å². The fourth-order valence-corrected chi connectivity index (χ4v) is 5.53. The minimum Gasteiger partial charge on any atom is -0.469 e. The number of amides is 2. The summed E-state index contributed by atoms with van der Waals surface area (Å²) in [5.41, 5.74) is 4.43. The molecule has 0 unspecified atom stereocenters. The molecule has 1 aliphatic heterocycles. The van der Waals surface area contributed by atoms with Crippen molar-refractivity contribution in [3.8, 4) is 11.1 Å². The summed E-state index contributed by atoms with van der Waals surface area (Å²) in [5, 5.41) is 5.85. The number of aryl methyl sites for hydroxylation is 2. The normalized spacial score (nSPS) is 14.1. The lowest BCUT2D eigenvalue weighted by molar-refractivity contribution is -0.132. The number of anilines is 1. The molecular weight excluding hydrogens is 470 g/mol. The van der Waals surface area contributed by atoms with Crippen LogP contribution in [0.3, 0.4) is 0 Å². The third-order valence-corrected chi connectivity index (χ3v) is 7.66. The maximum absolute atomic E-state index is 13.0. The van der Waals surface area contributed by atoms with Gasteiger partial charge in [0, 0.05) is 48.5 Å². The molecule has 0 aliphatic carbocycles. The molecule has 3 heterocycles. The molecule has 2 aromatic heterocycles. The minimum atomic E-state index is -0.206. The largest absolute Gasteiger partial charge is 0.469 e. The van der Waals surface area contributed by atoms with Crippen LogP contribution in [0.15, 0.2) is 76.7 Å². The first-order valence-corrected chi connectivity index (χ1v) is 13.2. The van der Waals surface area contributed by atoms with E-state index in [1.165, 1.54) is 16.9 Å². The van der Waals surface area contributed by atoms with Crippen LogP contribution in [0.1, 0.15) is 52.0 Å². The lowest BCUT2D eigenvalue weighted by Crippen LogP contribution is -2.38. The summed E-state index contributed by atoms with van der Waals surface area (Å²) in [4.78, 5) is 32.2. The summed E-state index contributed by atoms with van der Waals surface area (Å²) < 4.78 is 5.33. The quantitative estimate of drug-likeness (QED) is 0.324. The molecule has 7 heteroatoms. The van der Waals surface area contributed by atoms with Gasteiger partial charge in [-0.1, -0.05) is 48.0 Å². The van der Waals surface area contributed by atoms with Crippen molar-refractivity contribution in [3.63, 3.8) is 0 Å². The minimum absolute atomic E-state index is 0.163. The lowest BCUT2D eigenvalue weighted by atomic mass is 9.97. The third-order valence-electron chi connectivity index (χ3n) is 6.65. The summed E-state index contributed by atoms with van der Waals surface area (Å²) in [5.74, 6) is 1.07. The molecule has 184 valence electrons. The Bertz CT molecular complexity index is 1320. The van der Waals surface area contributed by atoms with Crippen molar-refractivity contribution >= 4 is 28.8 Å². The molecule has 36 heavy (non-hydrogen) atoms. The zero-order valence-electron chi connectivity index (χ0n) is 20.3. The topological polar surface area (TPSA) is 75.4 Å². The maximum atomic E-state index is 13.0. The van der Waals surface area contributed by atoms with Gasteiger partial charge >= 0.3 is 0 Å². The maximum Gasteiger partial charge on any atom is 0.275 e. The van der Waals surface area contributed by atoms with Crippen LogP contribution in [0.2, 0.25) is 0 Å². The Morgan fingerprint density at radius 1 is 1.06 bits per heavy atom. The molecular formula is C29H29N3O3S. The van der Waals surface area contributed by atoms with Crippen molar-refractivity contribution < 1.29 is 14.0 Å². The number of aromatic nitrogens is 1. The highest BCUT2D eigenvalue weighted by molar-refractivity contribution is 7.10. The molecule has 4 aromatic rings. The summed E-state index contributed by atoms with van der Waals surface area (Å²) in [6.45, 7) is 3.49. The number of furan rings is 1. The highest BCUT2D eigenvalue weighted by Gasteiger charge is 2.26. The number of carbonyl (C=O) groups excluding carboxylic acids is 2. The average Bonchev–Trinajstić information content (AvgIpc) is 3.61. The van der Waals surface area contributed by atoms with Crippen LogP contribution in [0.4, 0.5) is 5.69 Å². The Hall–Kier alpha value is -3.71. The second-order valence-electron chi connectivity index (χ2n) is 9.17. The van der Waals surface area contributed by atoms with Gasteiger partial charge in [0.25, 0.3) is 5.91 Å². The predicted octanol–water partition coefficient (Wildman–Crippen LogP) is 6.30. The van der Waals surface area contributed by atoms with Crippen molar-refractivity contribution in [1.82, 2.24) is 9.88 Å². The molecule has 1 N–H and O–H groups in total. The van der Waals surface area contributed by atoms with Gasteiger partial charge in [0.05, 0.1) is 11.3 Å². The Labute approximate surface area is 215 Å². The van der Waals surface area contributed by atoms with Gasteiger partial charge in [-0.3, -0.25) is 9.59 Å². The Morgan fingerprint density at radius 2 is 1.83 bits per heavy atom. The van der Waals surface area contributed by atoms with Crippen LogP contribution in [0, 0.1) is 6.92 Å². The van der Waals surface area contributed by atoms with E-state index in [1.807, 2.05) is 46.7 Å². The van der Waals surface area contributed by atoms with E-state index in [4.69, 9.17) is 4.42 Å². The molecule has 0 atom stereocenters. The Balaban J connectivity index is 1.18. The number of benzene rings is 2. The fraction of sp³-hybridized carbons (Fsp3) is 0.276. The van der Waals surface area contributed by atoms with Gasteiger partial charge in [0.1, 0.15) is 11.5 Å². The lowest BCUT2D eigenvalue weighted by Gasteiger charge is -2.31. The summed E-state index contributed by atoms with van der Waals surface area (Å²) >= 11 is 1.53. The number of rotatable bonds is 7. The van der Waals surface area contributed by atoms with E-state index in [2.05, 4.69) is 41.5 Å². The monoisotopic (exact) mass is 499 g/mol. The van der Waals surface area contributed by atoms with Crippen molar-refractivity contribution in [3.05, 3.63) is 94.3 Å². The van der Waals surface area contributed by atoms with Gasteiger partial charge in [0.2, 0.25) is 5.91 Å². The predicted molar refractivity (Wildman–Crippen MR) is 142 cm³/mol. The third kappa shape index (κ3) is 5.57. The zero-order chi connectivity index (χ0) is 24.9. The van der Waals surface area contributed by atoms with Crippen molar-refractivity contribution in [2.45, 2.75) is 38.5 Å². The molecule has 1 aliphatic rings. The Kier molecular flexibility index (Phi) is 7.28. The number of nitrogens with one attached hydrogen (secondary N) is 1. The van der Waals surface area contributed by atoms with Crippen LogP contribution in [-0.2, 0) is 11.2 Å². The van der Waals surface area contributed by atoms with Crippen LogP contribution in [0.25, 0.3) is 11.1 Å². The molecule has 2 amide bonds. The number of carbonyl (C=O) groups is 2. The van der Waals surface area contributed by atoms with E-state index in [0.717, 1.165) is 40.4 Å². The van der Waals surface area contributed by atoms with E-state index in [0.29, 0.717) is 31.6 Å². The Morgan fingerprint density at radius 3 is 2.58 bits per heavy atom. The second-order valence-corrected chi connectivity index (χ2v) is 10.1. The number of hydrogen-bond acceptors (Lipinski definition) is 5. The number of hydrogen-bond donors (Lipinski definition) is 1. The molecule has 0 bridgehead atoms. The molecule has 6 nitrogen and oxygen atoms in total. The van der Waals surface area contributed by atoms with Crippen LogP contribution in [0.5, 0.6) is 0 Å². The SMILES string of the molecule is Cc1ccc(-c2ccccc2NC(=O)c2csc(C3CCN(C(=O)CCc4ccco4)CC3)n2)cc1. The number of thiazole rings is 1. The first kappa shape index (κ1) is 24.0. The zero-order valence-corrected chi connectivity index (χ0v) is 21.1. The van der Waals surface area contributed by atoms with E-state index < -0.39 is 0 Å². The fourth-order valence-electron chi connectivity index (χ4n) is 4.56.